The summed E-state index contributed by atoms with van der Waals surface area (Å²) in [5.74, 6) is -0.384. The summed E-state index contributed by atoms with van der Waals surface area (Å²) in [6.45, 7) is 0. The summed E-state index contributed by atoms with van der Waals surface area (Å²) in [5, 5.41) is 3.45. The quantitative estimate of drug-likeness (QED) is 0.599. The van der Waals surface area contributed by atoms with Gasteiger partial charge in [-0.05, 0) is 36.4 Å². The Labute approximate surface area is 156 Å². The average Bonchev–Trinajstić information content (AvgIpc) is 2.73. The average molecular weight is 389 g/mol. The molecule has 0 fully saturated rings. The Balaban J connectivity index is 2.11. The van der Waals surface area contributed by atoms with Crippen molar-refractivity contribution in [3.05, 3.63) is 70.6 Å². The highest BCUT2D eigenvalue weighted by Gasteiger charge is 2.38. The largest absolute Gasteiger partial charge is 0.497 e. The third-order valence-corrected chi connectivity index (χ3v) is 6.28. The van der Waals surface area contributed by atoms with Crippen molar-refractivity contribution in [3.8, 4) is 5.75 Å². The van der Waals surface area contributed by atoms with E-state index in [0.29, 0.717) is 22.4 Å². The normalized spacial score (nSPS) is 12.7. The van der Waals surface area contributed by atoms with E-state index in [1.165, 1.54) is 20.5 Å². The second kappa shape index (κ2) is 7.96. The van der Waals surface area contributed by atoms with Crippen molar-refractivity contribution in [1.82, 2.24) is 0 Å². The lowest BCUT2D eigenvalue weighted by Crippen LogP contribution is -2.21. The molecule has 0 radical (unpaired) electrons. The standard InChI is InChI=1S/C19H20NO6P/c1-23-14-10-8-13(9-11-14)20-19(27(22,24-2)25-3)16-12-26-17-7-5-4-6-15(17)18(16)21/h4-12,19-20H,1-3H3. The molecule has 7 nitrogen and oxygen atoms in total. The summed E-state index contributed by atoms with van der Waals surface area (Å²) < 4.78 is 34.2. The van der Waals surface area contributed by atoms with Crippen molar-refractivity contribution in [2.75, 3.05) is 26.6 Å². The zero-order valence-electron chi connectivity index (χ0n) is 15.2. The number of benzene rings is 2. The molecule has 0 aliphatic rings. The van der Waals surface area contributed by atoms with E-state index >= 15 is 0 Å². The van der Waals surface area contributed by atoms with Crippen LogP contribution in [0.3, 0.4) is 0 Å². The van der Waals surface area contributed by atoms with Crippen LogP contribution in [0.4, 0.5) is 5.69 Å². The van der Waals surface area contributed by atoms with E-state index in [1.807, 2.05) is 0 Å². The molecule has 2 aromatic carbocycles. The number of hydrogen-bond donors (Lipinski definition) is 1. The molecule has 0 aliphatic carbocycles. The third-order valence-electron chi connectivity index (χ3n) is 4.22. The van der Waals surface area contributed by atoms with Gasteiger partial charge in [-0.15, -0.1) is 0 Å². The molecule has 27 heavy (non-hydrogen) atoms. The van der Waals surface area contributed by atoms with Crippen LogP contribution < -0.4 is 15.5 Å². The number of fused-ring (bicyclic) bond motifs is 1. The SMILES string of the molecule is COc1ccc(NC(c2coc3ccccc3c2=O)P(=O)(OC)OC)cc1. The van der Waals surface area contributed by atoms with Crippen LogP contribution in [0.1, 0.15) is 11.3 Å². The van der Waals surface area contributed by atoms with Gasteiger partial charge in [0.15, 0.2) is 11.2 Å². The summed E-state index contributed by atoms with van der Waals surface area (Å²) in [6, 6.07) is 13.8. The van der Waals surface area contributed by atoms with Gasteiger partial charge in [-0.3, -0.25) is 9.36 Å². The maximum absolute atomic E-state index is 13.2. The van der Waals surface area contributed by atoms with Gasteiger partial charge in [-0.2, -0.15) is 0 Å². The Hall–Kier alpha value is -2.60. The number of hydrogen-bond acceptors (Lipinski definition) is 7. The van der Waals surface area contributed by atoms with Crippen molar-refractivity contribution in [2.45, 2.75) is 5.78 Å². The van der Waals surface area contributed by atoms with Crippen molar-refractivity contribution in [2.24, 2.45) is 0 Å². The van der Waals surface area contributed by atoms with Crippen LogP contribution >= 0.6 is 7.60 Å². The van der Waals surface area contributed by atoms with Gasteiger partial charge in [-0.25, -0.2) is 0 Å². The van der Waals surface area contributed by atoms with Crippen molar-refractivity contribution in [3.63, 3.8) is 0 Å². The summed E-state index contributed by atoms with van der Waals surface area (Å²) in [7, 11) is 0.407. The number of ether oxygens (including phenoxy) is 1. The number of anilines is 1. The third kappa shape index (κ3) is 3.76. The molecule has 3 rings (SSSR count). The number of rotatable bonds is 7. The molecule has 0 amide bonds. The van der Waals surface area contributed by atoms with Crippen molar-refractivity contribution in [1.29, 1.82) is 0 Å². The highest BCUT2D eigenvalue weighted by molar-refractivity contribution is 7.54. The first-order valence-electron chi connectivity index (χ1n) is 8.14. The molecule has 1 aromatic heterocycles. The Morgan fingerprint density at radius 3 is 2.30 bits per heavy atom. The minimum absolute atomic E-state index is 0.150. The Morgan fingerprint density at radius 2 is 1.67 bits per heavy atom. The highest BCUT2D eigenvalue weighted by Crippen LogP contribution is 2.59. The number of para-hydroxylation sites is 1. The predicted molar refractivity (Wildman–Crippen MR) is 103 cm³/mol. The smallest absolute Gasteiger partial charge is 0.356 e. The van der Waals surface area contributed by atoms with Crippen LogP contribution in [0.15, 0.2) is 64.0 Å². The molecule has 8 heteroatoms. The summed E-state index contributed by atoms with van der Waals surface area (Å²) in [5.41, 5.74) is 0.899. The number of nitrogens with one attached hydrogen (secondary N) is 1. The van der Waals surface area contributed by atoms with E-state index < -0.39 is 13.4 Å². The fourth-order valence-corrected chi connectivity index (χ4v) is 4.14. The maximum atomic E-state index is 13.2. The zero-order chi connectivity index (χ0) is 19.4. The lowest BCUT2D eigenvalue weighted by atomic mass is 10.1. The molecule has 0 saturated carbocycles. The lowest BCUT2D eigenvalue weighted by Gasteiger charge is -2.25. The van der Waals surface area contributed by atoms with Gasteiger partial charge in [0, 0.05) is 19.9 Å². The van der Waals surface area contributed by atoms with Gasteiger partial charge in [0.2, 0.25) is 0 Å². The molecule has 0 aliphatic heterocycles. The first kappa shape index (κ1) is 19.2. The van der Waals surface area contributed by atoms with Gasteiger partial charge < -0.3 is 23.5 Å². The summed E-state index contributed by atoms with van der Waals surface area (Å²) >= 11 is 0. The molecule has 1 heterocycles. The molecule has 0 bridgehead atoms. The monoisotopic (exact) mass is 389 g/mol. The molecule has 3 aromatic rings. The van der Waals surface area contributed by atoms with Crippen LogP contribution in [0.5, 0.6) is 5.75 Å². The molecular weight excluding hydrogens is 369 g/mol. The first-order chi connectivity index (χ1) is 13.0. The fourth-order valence-electron chi connectivity index (χ4n) is 2.74. The Kier molecular flexibility index (Phi) is 5.65. The topological polar surface area (TPSA) is 87.0 Å². The zero-order valence-corrected chi connectivity index (χ0v) is 16.1. The molecule has 1 unspecified atom stereocenters. The Bertz CT molecular complexity index is 1020. The van der Waals surface area contributed by atoms with Crippen molar-refractivity contribution < 1.29 is 22.8 Å². The number of methoxy groups -OCH3 is 1. The molecule has 0 spiro atoms. The molecule has 142 valence electrons. The maximum Gasteiger partial charge on any atom is 0.356 e. The summed E-state index contributed by atoms with van der Waals surface area (Å²) in [6.07, 6.45) is 1.29. The van der Waals surface area contributed by atoms with E-state index in [2.05, 4.69) is 5.32 Å². The van der Waals surface area contributed by atoms with Crippen LogP contribution in [-0.4, -0.2) is 21.3 Å². The van der Waals surface area contributed by atoms with Crippen LogP contribution in [-0.2, 0) is 13.6 Å². The molecule has 1 N–H and O–H groups in total. The van der Waals surface area contributed by atoms with E-state index in [0.717, 1.165) is 0 Å². The van der Waals surface area contributed by atoms with Crippen LogP contribution in [0.25, 0.3) is 11.0 Å². The second-order valence-electron chi connectivity index (χ2n) is 5.70. The van der Waals surface area contributed by atoms with Gasteiger partial charge in [0.25, 0.3) is 0 Å². The predicted octanol–water partition coefficient (Wildman–Crippen LogP) is 4.40. The first-order valence-corrected chi connectivity index (χ1v) is 9.76. The highest BCUT2D eigenvalue weighted by atomic mass is 31.2. The van der Waals surface area contributed by atoms with Crippen LogP contribution in [0.2, 0.25) is 0 Å². The van der Waals surface area contributed by atoms with Crippen molar-refractivity contribution >= 4 is 24.3 Å². The van der Waals surface area contributed by atoms with Gasteiger partial charge in [-0.1, -0.05) is 12.1 Å². The van der Waals surface area contributed by atoms with E-state index in [4.69, 9.17) is 18.2 Å². The minimum atomic E-state index is -3.70. The van der Waals surface area contributed by atoms with Gasteiger partial charge in [0.1, 0.15) is 17.6 Å². The summed E-state index contributed by atoms with van der Waals surface area (Å²) in [4.78, 5) is 13.0. The van der Waals surface area contributed by atoms with E-state index in [-0.39, 0.29) is 11.0 Å². The molecule has 1 atom stereocenters. The molecular formula is C19H20NO6P. The van der Waals surface area contributed by atoms with Gasteiger partial charge >= 0.3 is 7.60 Å². The molecule has 0 saturated heterocycles. The van der Waals surface area contributed by atoms with Gasteiger partial charge in [0.05, 0.1) is 18.1 Å². The van der Waals surface area contributed by atoms with Crippen LogP contribution in [0, 0.1) is 0 Å². The minimum Gasteiger partial charge on any atom is -0.497 e. The van der Waals surface area contributed by atoms with E-state index in [9.17, 15) is 9.36 Å². The second-order valence-corrected chi connectivity index (χ2v) is 8.02. The van der Waals surface area contributed by atoms with E-state index in [1.54, 1.807) is 55.6 Å². The Morgan fingerprint density at radius 1 is 1.00 bits per heavy atom. The fraction of sp³-hybridized carbons (Fsp3) is 0.211. The lowest BCUT2D eigenvalue weighted by molar-refractivity contribution is 0.268.